The number of halogens is 2. The monoisotopic (exact) mass is 298 g/mol. The molecule has 5 heteroatoms. The van der Waals surface area contributed by atoms with Gasteiger partial charge in [0.15, 0.2) is 5.82 Å². The molecule has 1 saturated carbocycles. The van der Waals surface area contributed by atoms with Crippen LogP contribution < -0.4 is 0 Å². The average Bonchev–Trinajstić information content (AvgIpc) is 2.98. The lowest BCUT2D eigenvalue weighted by atomic mass is 10.0. The molecular weight excluding hydrogens is 287 g/mol. The summed E-state index contributed by atoms with van der Waals surface area (Å²) in [7, 11) is 0. The van der Waals surface area contributed by atoms with E-state index in [1.165, 1.54) is 25.7 Å². The van der Waals surface area contributed by atoms with Gasteiger partial charge < -0.3 is 0 Å². The SMILES string of the molecule is Clc1csc(-c2nc(Cl)cc(C3CCCC3)n2)c1. The molecule has 0 aliphatic heterocycles. The van der Waals surface area contributed by atoms with Gasteiger partial charge in [-0.15, -0.1) is 11.3 Å². The lowest BCUT2D eigenvalue weighted by molar-refractivity contribution is 0.695. The van der Waals surface area contributed by atoms with Crippen LogP contribution in [-0.4, -0.2) is 9.97 Å². The molecule has 0 amide bonds. The highest BCUT2D eigenvalue weighted by Gasteiger charge is 2.20. The second-order valence-electron chi connectivity index (χ2n) is 4.55. The largest absolute Gasteiger partial charge is 0.232 e. The number of hydrogen-bond acceptors (Lipinski definition) is 3. The first-order valence-corrected chi connectivity index (χ1v) is 7.65. The number of rotatable bonds is 2. The molecule has 0 spiro atoms. The number of hydrogen-bond donors (Lipinski definition) is 0. The Hall–Kier alpha value is -0.640. The van der Waals surface area contributed by atoms with Crippen LogP contribution in [0, 0.1) is 0 Å². The third-order valence-corrected chi connectivity index (χ3v) is 4.74. The Morgan fingerprint density at radius 2 is 1.89 bits per heavy atom. The van der Waals surface area contributed by atoms with Gasteiger partial charge in [-0.05, 0) is 25.0 Å². The fourth-order valence-electron chi connectivity index (χ4n) is 2.41. The van der Waals surface area contributed by atoms with Crippen LogP contribution in [0.25, 0.3) is 10.7 Å². The molecule has 3 rings (SSSR count). The number of thiophene rings is 1. The van der Waals surface area contributed by atoms with E-state index < -0.39 is 0 Å². The summed E-state index contributed by atoms with van der Waals surface area (Å²) < 4.78 is 0. The first kappa shape index (κ1) is 12.4. The summed E-state index contributed by atoms with van der Waals surface area (Å²) in [6.07, 6.45) is 4.98. The van der Waals surface area contributed by atoms with E-state index in [-0.39, 0.29) is 0 Å². The highest BCUT2D eigenvalue weighted by molar-refractivity contribution is 7.14. The fraction of sp³-hybridized carbons (Fsp3) is 0.385. The summed E-state index contributed by atoms with van der Waals surface area (Å²) in [5, 5.41) is 3.13. The zero-order valence-electron chi connectivity index (χ0n) is 9.70. The van der Waals surface area contributed by atoms with Crippen LogP contribution in [0.5, 0.6) is 0 Å². The van der Waals surface area contributed by atoms with Gasteiger partial charge in [0.2, 0.25) is 0 Å². The Morgan fingerprint density at radius 3 is 2.56 bits per heavy atom. The maximum absolute atomic E-state index is 6.11. The van der Waals surface area contributed by atoms with Crippen LogP contribution in [0.2, 0.25) is 10.2 Å². The third kappa shape index (κ3) is 2.53. The van der Waals surface area contributed by atoms with Crippen molar-refractivity contribution in [3.8, 4) is 10.7 Å². The molecule has 0 radical (unpaired) electrons. The zero-order chi connectivity index (χ0) is 12.5. The molecule has 94 valence electrons. The van der Waals surface area contributed by atoms with Gasteiger partial charge in [0.05, 0.1) is 9.90 Å². The van der Waals surface area contributed by atoms with Gasteiger partial charge in [-0.2, -0.15) is 0 Å². The first-order valence-electron chi connectivity index (χ1n) is 6.01. The van der Waals surface area contributed by atoms with Crippen LogP contribution in [0.4, 0.5) is 0 Å². The molecule has 2 nitrogen and oxygen atoms in total. The Labute approximate surface area is 120 Å². The van der Waals surface area contributed by atoms with Crippen LogP contribution in [0.1, 0.15) is 37.3 Å². The fourth-order valence-corrected chi connectivity index (χ4v) is 3.60. The van der Waals surface area contributed by atoms with Crippen LogP contribution in [-0.2, 0) is 0 Å². The van der Waals surface area contributed by atoms with E-state index >= 15 is 0 Å². The predicted octanol–water partition coefficient (Wildman–Crippen LogP) is 5.17. The van der Waals surface area contributed by atoms with Crippen LogP contribution in [0.15, 0.2) is 17.5 Å². The van der Waals surface area contributed by atoms with Crippen molar-refractivity contribution in [3.63, 3.8) is 0 Å². The smallest absolute Gasteiger partial charge is 0.171 e. The highest BCUT2D eigenvalue weighted by atomic mass is 35.5. The van der Waals surface area contributed by atoms with Gasteiger partial charge in [-0.25, -0.2) is 9.97 Å². The number of aromatic nitrogens is 2. The average molecular weight is 299 g/mol. The van der Waals surface area contributed by atoms with E-state index in [2.05, 4.69) is 9.97 Å². The first-order chi connectivity index (χ1) is 8.72. The van der Waals surface area contributed by atoms with E-state index in [0.29, 0.717) is 16.9 Å². The van der Waals surface area contributed by atoms with Crippen molar-refractivity contribution in [2.45, 2.75) is 31.6 Å². The second-order valence-corrected chi connectivity index (χ2v) is 6.28. The molecule has 0 saturated heterocycles. The molecule has 1 aliphatic rings. The lowest BCUT2D eigenvalue weighted by Gasteiger charge is -2.09. The molecule has 18 heavy (non-hydrogen) atoms. The molecule has 2 aromatic heterocycles. The summed E-state index contributed by atoms with van der Waals surface area (Å²) >= 11 is 13.6. The van der Waals surface area contributed by atoms with Gasteiger partial charge in [-0.1, -0.05) is 36.0 Å². The number of nitrogens with zero attached hydrogens (tertiary/aromatic N) is 2. The van der Waals surface area contributed by atoms with E-state index in [4.69, 9.17) is 23.2 Å². The van der Waals surface area contributed by atoms with E-state index in [1.807, 2.05) is 17.5 Å². The minimum absolute atomic E-state index is 0.520. The normalized spacial score (nSPS) is 16.3. The zero-order valence-corrected chi connectivity index (χ0v) is 12.0. The van der Waals surface area contributed by atoms with Gasteiger partial charge in [-0.3, -0.25) is 0 Å². The lowest BCUT2D eigenvalue weighted by Crippen LogP contribution is -1.99. The Balaban J connectivity index is 1.99. The van der Waals surface area contributed by atoms with E-state index in [0.717, 1.165) is 15.6 Å². The van der Waals surface area contributed by atoms with E-state index in [9.17, 15) is 0 Å². The maximum atomic E-state index is 6.11. The second kappa shape index (κ2) is 5.16. The van der Waals surface area contributed by atoms with Crippen molar-refractivity contribution < 1.29 is 0 Å². The summed E-state index contributed by atoms with van der Waals surface area (Å²) in [6.45, 7) is 0. The Morgan fingerprint density at radius 1 is 1.11 bits per heavy atom. The van der Waals surface area contributed by atoms with Gasteiger partial charge in [0, 0.05) is 17.0 Å². The third-order valence-electron chi connectivity index (χ3n) is 3.28. The van der Waals surface area contributed by atoms with E-state index in [1.54, 1.807) is 11.3 Å². The maximum Gasteiger partial charge on any atom is 0.171 e. The molecule has 0 aromatic carbocycles. The molecular formula is C13H12Cl2N2S. The molecule has 0 unspecified atom stereocenters. The highest BCUT2D eigenvalue weighted by Crippen LogP contribution is 2.35. The summed E-state index contributed by atoms with van der Waals surface area (Å²) in [4.78, 5) is 9.92. The standard InChI is InChI=1S/C13H12Cl2N2S/c14-9-5-11(18-7-9)13-16-10(6-12(15)17-13)8-3-1-2-4-8/h5-8H,1-4H2. The molecule has 1 fully saturated rings. The van der Waals surface area contributed by atoms with Crippen molar-refractivity contribution in [1.82, 2.24) is 9.97 Å². The summed E-state index contributed by atoms with van der Waals surface area (Å²) in [5.74, 6) is 1.24. The Kier molecular flexibility index (Phi) is 3.55. The van der Waals surface area contributed by atoms with Crippen molar-refractivity contribution >= 4 is 34.5 Å². The molecule has 0 atom stereocenters. The van der Waals surface area contributed by atoms with Gasteiger partial charge in [0.1, 0.15) is 5.15 Å². The minimum Gasteiger partial charge on any atom is -0.232 e. The molecule has 2 heterocycles. The van der Waals surface area contributed by atoms with Crippen molar-refractivity contribution in [3.05, 3.63) is 33.4 Å². The predicted molar refractivity (Wildman–Crippen MR) is 76.6 cm³/mol. The van der Waals surface area contributed by atoms with Crippen molar-refractivity contribution in [2.75, 3.05) is 0 Å². The molecule has 0 bridgehead atoms. The van der Waals surface area contributed by atoms with Crippen molar-refractivity contribution in [1.29, 1.82) is 0 Å². The van der Waals surface area contributed by atoms with Crippen LogP contribution in [0.3, 0.4) is 0 Å². The summed E-state index contributed by atoms with van der Waals surface area (Å²) in [5.41, 5.74) is 1.08. The van der Waals surface area contributed by atoms with Crippen molar-refractivity contribution in [2.24, 2.45) is 0 Å². The van der Waals surface area contributed by atoms with Gasteiger partial charge in [0.25, 0.3) is 0 Å². The molecule has 0 N–H and O–H groups in total. The molecule has 1 aliphatic carbocycles. The topological polar surface area (TPSA) is 25.8 Å². The van der Waals surface area contributed by atoms with Crippen LogP contribution >= 0.6 is 34.5 Å². The van der Waals surface area contributed by atoms with Gasteiger partial charge >= 0.3 is 0 Å². The summed E-state index contributed by atoms with van der Waals surface area (Å²) in [6, 6.07) is 3.78. The quantitative estimate of drug-likeness (QED) is 0.715. The molecule has 2 aromatic rings. The Bertz CT molecular complexity index is 562. The minimum atomic E-state index is 0.520.